The molecular weight excluding hydrogens is 264 g/mol. The smallest absolute Gasteiger partial charge is 0.0413 e. The van der Waals surface area contributed by atoms with Gasteiger partial charge in [0.05, 0.1) is 0 Å². The summed E-state index contributed by atoms with van der Waals surface area (Å²) in [5.74, 6) is 0. The number of rotatable bonds is 5. The summed E-state index contributed by atoms with van der Waals surface area (Å²) in [5.41, 5.74) is 1.71. The van der Waals surface area contributed by atoms with Crippen LogP contribution in [0, 0.1) is 5.41 Å². The van der Waals surface area contributed by atoms with Crippen LogP contribution in [0.3, 0.4) is 0 Å². The molecule has 1 aliphatic carbocycles. The van der Waals surface area contributed by atoms with E-state index in [0.717, 1.165) is 24.0 Å². The minimum Gasteiger partial charge on any atom is -0.316 e. The molecule has 88 valence electrons. The van der Waals surface area contributed by atoms with Gasteiger partial charge in [-0.05, 0) is 59.3 Å². The second-order valence-corrected chi connectivity index (χ2v) is 5.69. The van der Waals surface area contributed by atoms with Gasteiger partial charge in [-0.1, -0.05) is 13.3 Å². The zero-order valence-electron chi connectivity index (χ0n) is 9.80. The summed E-state index contributed by atoms with van der Waals surface area (Å²) in [4.78, 5) is 4.48. The molecule has 0 radical (unpaired) electrons. The van der Waals surface area contributed by atoms with Crippen LogP contribution < -0.4 is 5.32 Å². The van der Waals surface area contributed by atoms with Crippen LogP contribution in [-0.4, -0.2) is 18.1 Å². The van der Waals surface area contributed by atoms with Gasteiger partial charge in [-0.2, -0.15) is 0 Å². The maximum absolute atomic E-state index is 4.48. The Morgan fingerprint density at radius 3 is 2.75 bits per heavy atom. The molecule has 0 amide bonds. The van der Waals surface area contributed by atoms with E-state index in [0.29, 0.717) is 5.41 Å². The second-order valence-electron chi connectivity index (χ2n) is 4.78. The van der Waals surface area contributed by atoms with Crippen molar-refractivity contribution < 1.29 is 0 Å². The lowest BCUT2D eigenvalue weighted by molar-refractivity contribution is 0.129. The van der Waals surface area contributed by atoms with Gasteiger partial charge in [-0.15, -0.1) is 0 Å². The Balaban J connectivity index is 1.98. The van der Waals surface area contributed by atoms with Crippen molar-refractivity contribution in [3.05, 3.63) is 28.5 Å². The van der Waals surface area contributed by atoms with Crippen LogP contribution in [0.15, 0.2) is 22.8 Å². The molecular formula is C13H19BrN2. The van der Waals surface area contributed by atoms with Crippen LogP contribution in [0.5, 0.6) is 0 Å². The van der Waals surface area contributed by atoms with Crippen molar-refractivity contribution in [1.82, 2.24) is 10.3 Å². The first-order chi connectivity index (χ1) is 7.74. The molecule has 1 N–H and O–H groups in total. The normalized spacial score (nSPS) is 18.1. The summed E-state index contributed by atoms with van der Waals surface area (Å²) in [5, 5.41) is 3.49. The highest BCUT2D eigenvalue weighted by Crippen LogP contribution is 2.42. The SMILES string of the molecule is CCNCC1(Cc2ccc(Br)cn2)CCC1. The monoisotopic (exact) mass is 282 g/mol. The molecule has 0 spiro atoms. The lowest BCUT2D eigenvalue weighted by Crippen LogP contribution is -2.41. The molecule has 1 heterocycles. The summed E-state index contributed by atoms with van der Waals surface area (Å²) in [6, 6.07) is 4.22. The standard InChI is InChI=1S/C13H19BrN2/c1-2-15-10-13(6-3-7-13)8-12-5-4-11(14)9-16-12/h4-5,9,15H,2-3,6-8,10H2,1H3. The van der Waals surface area contributed by atoms with E-state index in [2.05, 4.69) is 45.3 Å². The highest BCUT2D eigenvalue weighted by Gasteiger charge is 2.36. The number of aromatic nitrogens is 1. The van der Waals surface area contributed by atoms with Gasteiger partial charge in [0, 0.05) is 22.9 Å². The molecule has 0 aliphatic heterocycles. The quantitative estimate of drug-likeness (QED) is 0.897. The molecule has 0 saturated heterocycles. The number of halogens is 1. The topological polar surface area (TPSA) is 24.9 Å². The van der Waals surface area contributed by atoms with Crippen LogP contribution in [-0.2, 0) is 6.42 Å². The summed E-state index contributed by atoms with van der Waals surface area (Å²) in [6.07, 6.45) is 7.08. The van der Waals surface area contributed by atoms with Crippen molar-refractivity contribution in [2.24, 2.45) is 5.41 Å². The third-order valence-electron chi connectivity index (χ3n) is 3.51. The average Bonchev–Trinajstić information content (AvgIpc) is 2.25. The molecule has 1 aromatic rings. The molecule has 3 heteroatoms. The Morgan fingerprint density at radius 2 is 2.25 bits per heavy atom. The summed E-state index contributed by atoms with van der Waals surface area (Å²) >= 11 is 3.42. The Labute approximate surface area is 106 Å². The van der Waals surface area contributed by atoms with Crippen LogP contribution in [0.2, 0.25) is 0 Å². The first kappa shape index (κ1) is 12.1. The van der Waals surface area contributed by atoms with Crippen molar-refractivity contribution in [3.63, 3.8) is 0 Å². The Hall–Kier alpha value is -0.410. The fraction of sp³-hybridized carbons (Fsp3) is 0.615. The molecule has 1 aromatic heterocycles. The van der Waals surface area contributed by atoms with E-state index in [1.54, 1.807) is 0 Å². The lowest BCUT2D eigenvalue weighted by Gasteiger charge is -2.42. The third-order valence-corrected chi connectivity index (χ3v) is 3.98. The number of hydrogen-bond acceptors (Lipinski definition) is 2. The van der Waals surface area contributed by atoms with Gasteiger partial charge in [0.1, 0.15) is 0 Å². The Morgan fingerprint density at radius 1 is 1.44 bits per heavy atom. The minimum atomic E-state index is 0.483. The molecule has 0 bridgehead atoms. The highest BCUT2D eigenvalue weighted by atomic mass is 79.9. The van der Waals surface area contributed by atoms with E-state index >= 15 is 0 Å². The molecule has 0 aromatic carbocycles. The summed E-state index contributed by atoms with van der Waals surface area (Å²) in [6.45, 7) is 4.38. The van der Waals surface area contributed by atoms with Crippen molar-refractivity contribution in [2.45, 2.75) is 32.6 Å². The fourth-order valence-corrected chi connectivity index (χ4v) is 2.61. The molecule has 1 aliphatic rings. The zero-order chi connectivity index (χ0) is 11.4. The molecule has 1 saturated carbocycles. The summed E-state index contributed by atoms with van der Waals surface area (Å²) in [7, 11) is 0. The van der Waals surface area contributed by atoms with Crippen LogP contribution in [0.25, 0.3) is 0 Å². The molecule has 1 fully saturated rings. The van der Waals surface area contributed by atoms with Gasteiger partial charge in [0.15, 0.2) is 0 Å². The van der Waals surface area contributed by atoms with Crippen LogP contribution in [0.1, 0.15) is 31.9 Å². The van der Waals surface area contributed by atoms with Gasteiger partial charge >= 0.3 is 0 Å². The zero-order valence-corrected chi connectivity index (χ0v) is 11.4. The molecule has 2 rings (SSSR count). The lowest BCUT2D eigenvalue weighted by atomic mass is 9.66. The second kappa shape index (κ2) is 5.28. The van der Waals surface area contributed by atoms with Crippen molar-refractivity contribution in [1.29, 1.82) is 0 Å². The van der Waals surface area contributed by atoms with E-state index in [9.17, 15) is 0 Å². The van der Waals surface area contributed by atoms with Gasteiger partial charge in [0.25, 0.3) is 0 Å². The van der Waals surface area contributed by atoms with E-state index in [1.807, 2.05) is 6.20 Å². The van der Waals surface area contributed by atoms with Gasteiger partial charge in [-0.25, -0.2) is 0 Å². The van der Waals surface area contributed by atoms with Crippen molar-refractivity contribution >= 4 is 15.9 Å². The van der Waals surface area contributed by atoms with Crippen LogP contribution in [0.4, 0.5) is 0 Å². The fourth-order valence-electron chi connectivity index (χ4n) is 2.38. The highest BCUT2D eigenvalue weighted by molar-refractivity contribution is 9.10. The molecule has 16 heavy (non-hydrogen) atoms. The number of nitrogens with one attached hydrogen (secondary N) is 1. The van der Waals surface area contributed by atoms with E-state index < -0.39 is 0 Å². The van der Waals surface area contributed by atoms with Crippen LogP contribution >= 0.6 is 15.9 Å². The predicted molar refractivity (Wildman–Crippen MR) is 70.5 cm³/mol. The average molecular weight is 283 g/mol. The predicted octanol–water partition coefficient (Wildman–Crippen LogP) is 3.17. The van der Waals surface area contributed by atoms with Gasteiger partial charge < -0.3 is 5.32 Å². The third kappa shape index (κ3) is 2.83. The molecule has 2 nitrogen and oxygen atoms in total. The van der Waals surface area contributed by atoms with Gasteiger partial charge in [-0.3, -0.25) is 4.98 Å². The maximum Gasteiger partial charge on any atom is 0.0413 e. The minimum absolute atomic E-state index is 0.483. The van der Waals surface area contributed by atoms with E-state index in [4.69, 9.17) is 0 Å². The number of nitrogens with zero attached hydrogens (tertiary/aromatic N) is 1. The largest absolute Gasteiger partial charge is 0.316 e. The summed E-state index contributed by atoms with van der Waals surface area (Å²) < 4.78 is 1.06. The Kier molecular flexibility index (Phi) is 3.98. The van der Waals surface area contributed by atoms with Crippen molar-refractivity contribution in [2.75, 3.05) is 13.1 Å². The number of pyridine rings is 1. The molecule has 0 unspecified atom stereocenters. The van der Waals surface area contributed by atoms with E-state index in [-0.39, 0.29) is 0 Å². The maximum atomic E-state index is 4.48. The van der Waals surface area contributed by atoms with Crippen molar-refractivity contribution in [3.8, 4) is 0 Å². The first-order valence-corrected chi connectivity index (χ1v) is 6.85. The van der Waals surface area contributed by atoms with E-state index in [1.165, 1.54) is 25.0 Å². The van der Waals surface area contributed by atoms with Gasteiger partial charge in [0.2, 0.25) is 0 Å². The Bertz CT molecular complexity index is 330. The number of hydrogen-bond donors (Lipinski definition) is 1. The first-order valence-electron chi connectivity index (χ1n) is 6.05. The molecule has 0 atom stereocenters.